The van der Waals surface area contributed by atoms with Crippen molar-refractivity contribution in [1.82, 2.24) is 10.2 Å². The maximum absolute atomic E-state index is 11.9. The monoisotopic (exact) mass is 212 g/mol. The topological polar surface area (TPSA) is 32.3 Å². The molecule has 0 spiro atoms. The second kappa shape index (κ2) is 6.11. The number of carbonyl (C=O) groups is 1. The lowest BCUT2D eigenvalue weighted by Gasteiger charge is -2.20. The zero-order valence-electron chi connectivity index (χ0n) is 10.3. The Morgan fingerprint density at radius 2 is 2.27 bits per heavy atom. The molecule has 0 aliphatic carbocycles. The molecule has 0 aromatic rings. The predicted molar refractivity (Wildman–Crippen MR) is 62.7 cm³/mol. The maximum Gasteiger partial charge on any atom is 0.239 e. The minimum atomic E-state index is 0.0917. The second-order valence-electron chi connectivity index (χ2n) is 4.59. The summed E-state index contributed by atoms with van der Waals surface area (Å²) in [5, 5.41) is 3.31. The molecule has 3 heteroatoms. The Hall–Kier alpha value is -0.570. The van der Waals surface area contributed by atoms with Crippen LogP contribution in [-0.2, 0) is 4.79 Å². The average Bonchev–Trinajstić information content (AvgIpc) is 2.57. The average molecular weight is 212 g/mol. The van der Waals surface area contributed by atoms with Crippen LogP contribution in [0.3, 0.4) is 0 Å². The Kier molecular flexibility index (Phi) is 5.09. The smallest absolute Gasteiger partial charge is 0.239 e. The molecule has 2 atom stereocenters. The van der Waals surface area contributed by atoms with Crippen LogP contribution in [0.15, 0.2) is 0 Å². The molecule has 0 bridgehead atoms. The molecule has 1 saturated heterocycles. The number of carbonyl (C=O) groups excluding carboxylic acids is 1. The van der Waals surface area contributed by atoms with Gasteiger partial charge in [0.1, 0.15) is 0 Å². The van der Waals surface area contributed by atoms with E-state index in [0.717, 1.165) is 38.9 Å². The van der Waals surface area contributed by atoms with E-state index in [4.69, 9.17) is 0 Å². The highest BCUT2D eigenvalue weighted by atomic mass is 16.2. The summed E-state index contributed by atoms with van der Waals surface area (Å²) in [6.45, 7) is 9.33. The fraction of sp³-hybridized carbons (Fsp3) is 0.917. The number of hydrogen-bond acceptors (Lipinski definition) is 2. The van der Waals surface area contributed by atoms with Crippen LogP contribution in [0, 0.1) is 5.92 Å². The summed E-state index contributed by atoms with van der Waals surface area (Å²) in [4.78, 5) is 13.9. The minimum Gasteiger partial charge on any atom is -0.341 e. The first-order valence-electron chi connectivity index (χ1n) is 6.21. The molecule has 3 nitrogen and oxygen atoms in total. The molecule has 2 unspecified atom stereocenters. The van der Waals surface area contributed by atoms with Gasteiger partial charge in [0.15, 0.2) is 0 Å². The van der Waals surface area contributed by atoms with E-state index in [2.05, 4.69) is 26.1 Å². The predicted octanol–water partition coefficient (Wildman–Crippen LogP) is 1.63. The lowest BCUT2D eigenvalue weighted by Crippen LogP contribution is -2.39. The van der Waals surface area contributed by atoms with E-state index in [1.54, 1.807) is 0 Å². The Bertz CT molecular complexity index is 206. The van der Waals surface area contributed by atoms with Crippen molar-refractivity contribution in [1.29, 1.82) is 0 Å². The molecule has 0 aromatic heterocycles. The van der Waals surface area contributed by atoms with Crippen LogP contribution < -0.4 is 5.32 Å². The summed E-state index contributed by atoms with van der Waals surface area (Å²) in [6.07, 6.45) is 3.22. The molecule has 1 aliphatic heterocycles. The van der Waals surface area contributed by atoms with Gasteiger partial charge in [-0.25, -0.2) is 0 Å². The van der Waals surface area contributed by atoms with Crippen molar-refractivity contribution in [3.05, 3.63) is 0 Å². The standard InChI is InChI=1S/C12H24N2O/c1-4-7-13-11-6-8-14(12(11)15)9-10(3)5-2/h10-11,13H,4-9H2,1-3H3. The van der Waals surface area contributed by atoms with Crippen LogP contribution in [0.4, 0.5) is 0 Å². The third-order valence-electron chi connectivity index (χ3n) is 3.17. The molecule has 1 heterocycles. The lowest BCUT2D eigenvalue weighted by atomic mass is 10.1. The van der Waals surface area contributed by atoms with Gasteiger partial charge in [0.25, 0.3) is 0 Å². The summed E-state index contributed by atoms with van der Waals surface area (Å²) < 4.78 is 0. The zero-order chi connectivity index (χ0) is 11.3. The van der Waals surface area contributed by atoms with Gasteiger partial charge < -0.3 is 10.2 Å². The van der Waals surface area contributed by atoms with Crippen molar-refractivity contribution in [2.45, 2.75) is 46.1 Å². The second-order valence-corrected chi connectivity index (χ2v) is 4.59. The summed E-state index contributed by atoms with van der Waals surface area (Å²) in [7, 11) is 0. The maximum atomic E-state index is 11.9. The molecule has 1 N–H and O–H groups in total. The summed E-state index contributed by atoms with van der Waals surface area (Å²) >= 11 is 0. The van der Waals surface area contributed by atoms with Crippen molar-refractivity contribution < 1.29 is 4.79 Å². The third-order valence-corrected chi connectivity index (χ3v) is 3.17. The van der Waals surface area contributed by atoms with Crippen molar-refractivity contribution >= 4 is 5.91 Å². The molecule has 15 heavy (non-hydrogen) atoms. The molecular formula is C12H24N2O. The largest absolute Gasteiger partial charge is 0.341 e. The van der Waals surface area contributed by atoms with E-state index in [1.807, 2.05) is 4.90 Å². The molecule has 88 valence electrons. The third kappa shape index (κ3) is 3.49. The van der Waals surface area contributed by atoms with E-state index in [0.29, 0.717) is 11.8 Å². The first kappa shape index (κ1) is 12.5. The van der Waals surface area contributed by atoms with Crippen LogP contribution in [0.25, 0.3) is 0 Å². The SMILES string of the molecule is CCCNC1CCN(CC(C)CC)C1=O. The van der Waals surface area contributed by atoms with Crippen LogP contribution in [0.2, 0.25) is 0 Å². The van der Waals surface area contributed by atoms with Gasteiger partial charge in [-0.2, -0.15) is 0 Å². The van der Waals surface area contributed by atoms with Crippen LogP contribution >= 0.6 is 0 Å². The number of likely N-dealkylation sites (tertiary alicyclic amines) is 1. The first-order valence-corrected chi connectivity index (χ1v) is 6.21. The van der Waals surface area contributed by atoms with Gasteiger partial charge in [-0.1, -0.05) is 27.2 Å². The molecular weight excluding hydrogens is 188 g/mol. The van der Waals surface area contributed by atoms with Crippen LogP contribution in [0.1, 0.15) is 40.0 Å². The number of nitrogens with one attached hydrogen (secondary N) is 1. The van der Waals surface area contributed by atoms with Crippen molar-refractivity contribution in [3.63, 3.8) is 0 Å². The Morgan fingerprint density at radius 3 is 2.87 bits per heavy atom. The summed E-state index contributed by atoms with van der Waals surface area (Å²) in [5.41, 5.74) is 0. The van der Waals surface area contributed by atoms with E-state index in [9.17, 15) is 4.79 Å². The van der Waals surface area contributed by atoms with E-state index in [1.165, 1.54) is 0 Å². The molecule has 0 radical (unpaired) electrons. The van der Waals surface area contributed by atoms with E-state index in [-0.39, 0.29) is 6.04 Å². The molecule has 0 saturated carbocycles. The highest BCUT2D eigenvalue weighted by Gasteiger charge is 2.31. The normalized spacial score (nSPS) is 23.5. The Labute approximate surface area is 93.2 Å². The quantitative estimate of drug-likeness (QED) is 0.726. The number of hydrogen-bond donors (Lipinski definition) is 1. The summed E-state index contributed by atoms with van der Waals surface area (Å²) in [5.74, 6) is 0.933. The van der Waals surface area contributed by atoms with Crippen molar-refractivity contribution in [2.24, 2.45) is 5.92 Å². The molecule has 1 rings (SSSR count). The highest BCUT2D eigenvalue weighted by Crippen LogP contribution is 2.14. The summed E-state index contributed by atoms with van der Waals surface area (Å²) in [6, 6.07) is 0.0917. The first-order chi connectivity index (χ1) is 7.19. The molecule has 1 fully saturated rings. The minimum absolute atomic E-state index is 0.0917. The van der Waals surface area contributed by atoms with Gasteiger partial charge in [-0.05, 0) is 25.3 Å². The van der Waals surface area contributed by atoms with Crippen LogP contribution in [-0.4, -0.2) is 36.5 Å². The van der Waals surface area contributed by atoms with E-state index >= 15 is 0 Å². The van der Waals surface area contributed by atoms with Gasteiger partial charge in [-0.15, -0.1) is 0 Å². The number of nitrogens with zero attached hydrogens (tertiary/aromatic N) is 1. The zero-order valence-corrected chi connectivity index (χ0v) is 10.3. The molecule has 0 aromatic carbocycles. The van der Waals surface area contributed by atoms with Gasteiger partial charge in [-0.3, -0.25) is 4.79 Å². The number of amides is 1. The highest BCUT2D eigenvalue weighted by molar-refractivity contribution is 5.83. The molecule has 1 aliphatic rings. The van der Waals surface area contributed by atoms with Crippen molar-refractivity contribution in [2.75, 3.05) is 19.6 Å². The van der Waals surface area contributed by atoms with E-state index < -0.39 is 0 Å². The van der Waals surface area contributed by atoms with Crippen LogP contribution in [0.5, 0.6) is 0 Å². The molecule has 1 amide bonds. The fourth-order valence-electron chi connectivity index (χ4n) is 1.93. The van der Waals surface area contributed by atoms with Crippen molar-refractivity contribution in [3.8, 4) is 0 Å². The van der Waals surface area contributed by atoms with Gasteiger partial charge in [0.05, 0.1) is 6.04 Å². The lowest BCUT2D eigenvalue weighted by molar-refractivity contribution is -0.129. The Morgan fingerprint density at radius 1 is 1.53 bits per heavy atom. The van der Waals surface area contributed by atoms with Gasteiger partial charge in [0, 0.05) is 13.1 Å². The Balaban J connectivity index is 2.35. The van der Waals surface area contributed by atoms with Gasteiger partial charge >= 0.3 is 0 Å². The number of rotatable bonds is 6. The fourth-order valence-corrected chi connectivity index (χ4v) is 1.93. The van der Waals surface area contributed by atoms with Gasteiger partial charge in [0.2, 0.25) is 5.91 Å².